The molecule has 98 valence electrons. The average molecular weight is 248 g/mol. The summed E-state index contributed by atoms with van der Waals surface area (Å²) in [5, 5.41) is 12.5. The van der Waals surface area contributed by atoms with Crippen molar-refractivity contribution in [1.29, 1.82) is 0 Å². The number of aromatic nitrogens is 1. The number of hydrogen-bond acceptors (Lipinski definition) is 3. The van der Waals surface area contributed by atoms with Gasteiger partial charge in [-0.1, -0.05) is 26.2 Å². The van der Waals surface area contributed by atoms with Crippen LogP contribution in [-0.4, -0.2) is 22.1 Å². The highest BCUT2D eigenvalue weighted by Crippen LogP contribution is 2.29. The summed E-state index contributed by atoms with van der Waals surface area (Å²) in [7, 11) is 0. The van der Waals surface area contributed by atoms with Crippen molar-refractivity contribution < 1.29 is 9.90 Å². The third-order valence-electron chi connectivity index (χ3n) is 3.78. The molecule has 2 atom stereocenters. The van der Waals surface area contributed by atoms with E-state index in [1.807, 2.05) is 0 Å². The molecule has 1 saturated carbocycles. The lowest BCUT2D eigenvalue weighted by molar-refractivity contribution is 0.0691. The summed E-state index contributed by atoms with van der Waals surface area (Å²) in [6, 6.07) is 3.96. The minimum atomic E-state index is -0.970. The average Bonchev–Trinajstić information content (AvgIpc) is 2.40. The van der Waals surface area contributed by atoms with E-state index >= 15 is 0 Å². The van der Waals surface area contributed by atoms with Crippen LogP contribution in [0.1, 0.15) is 49.5 Å². The topological polar surface area (TPSA) is 62.2 Å². The van der Waals surface area contributed by atoms with Crippen LogP contribution < -0.4 is 5.32 Å². The molecule has 0 amide bonds. The molecule has 18 heavy (non-hydrogen) atoms. The first-order chi connectivity index (χ1) is 8.72. The molecule has 1 fully saturated rings. The fourth-order valence-corrected chi connectivity index (χ4v) is 2.78. The van der Waals surface area contributed by atoms with Gasteiger partial charge in [0.2, 0.25) is 0 Å². The van der Waals surface area contributed by atoms with Gasteiger partial charge in [0.1, 0.15) is 0 Å². The molecule has 0 spiro atoms. The fourth-order valence-electron chi connectivity index (χ4n) is 2.78. The normalized spacial score (nSPS) is 23.6. The maximum atomic E-state index is 11.1. The first-order valence-corrected chi connectivity index (χ1v) is 6.67. The van der Waals surface area contributed by atoms with Gasteiger partial charge in [0.25, 0.3) is 0 Å². The summed E-state index contributed by atoms with van der Waals surface area (Å²) in [4.78, 5) is 15.0. The Morgan fingerprint density at radius 2 is 2.28 bits per heavy atom. The van der Waals surface area contributed by atoms with Crippen molar-refractivity contribution in [3.05, 3.63) is 24.0 Å². The van der Waals surface area contributed by atoms with E-state index < -0.39 is 5.97 Å². The lowest BCUT2D eigenvalue weighted by atomic mass is 9.83. The maximum absolute atomic E-state index is 11.1. The van der Waals surface area contributed by atoms with E-state index in [1.165, 1.54) is 25.5 Å². The van der Waals surface area contributed by atoms with E-state index in [0.717, 1.165) is 12.8 Å². The quantitative estimate of drug-likeness (QED) is 0.859. The predicted octanol–water partition coefficient (Wildman–Crippen LogP) is 3.16. The Balaban J connectivity index is 2.15. The summed E-state index contributed by atoms with van der Waals surface area (Å²) in [6.07, 6.45) is 7.52. The number of anilines is 1. The number of nitrogens with zero attached hydrogens (tertiary/aromatic N) is 1. The van der Waals surface area contributed by atoms with Crippen LogP contribution in [0.5, 0.6) is 0 Å². The molecule has 0 bridgehead atoms. The SMILES string of the molecule is CCC1CCCCC1Nc1cccnc1C(=O)O. The van der Waals surface area contributed by atoms with Gasteiger partial charge in [-0.05, 0) is 30.9 Å². The van der Waals surface area contributed by atoms with E-state index in [4.69, 9.17) is 5.11 Å². The van der Waals surface area contributed by atoms with Gasteiger partial charge in [-0.2, -0.15) is 0 Å². The van der Waals surface area contributed by atoms with Crippen LogP contribution in [0.2, 0.25) is 0 Å². The monoisotopic (exact) mass is 248 g/mol. The van der Waals surface area contributed by atoms with Crippen LogP contribution in [0.15, 0.2) is 18.3 Å². The predicted molar refractivity (Wildman–Crippen MR) is 70.9 cm³/mol. The highest BCUT2D eigenvalue weighted by atomic mass is 16.4. The van der Waals surface area contributed by atoms with Crippen molar-refractivity contribution in [2.75, 3.05) is 5.32 Å². The first kappa shape index (κ1) is 12.9. The molecule has 1 aromatic rings. The Kier molecular flexibility index (Phi) is 4.18. The molecule has 2 rings (SSSR count). The number of hydrogen-bond donors (Lipinski definition) is 2. The van der Waals surface area contributed by atoms with Gasteiger partial charge < -0.3 is 10.4 Å². The maximum Gasteiger partial charge on any atom is 0.356 e. The molecule has 1 heterocycles. The lowest BCUT2D eigenvalue weighted by Crippen LogP contribution is -2.32. The molecule has 0 aliphatic heterocycles. The molecule has 4 nitrogen and oxygen atoms in total. The van der Waals surface area contributed by atoms with Crippen molar-refractivity contribution in [3.63, 3.8) is 0 Å². The number of carboxylic acids is 1. The Hall–Kier alpha value is -1.58. The Labute approximate surface area is 107 Å². The third-order valence-corrected chi connectivity index (χ3v) is 3.78. The van der Waals surface area contributed by atoms with Crippen LogP contribution in [0.4, 0.5) is 5.69 Å². The summed E-state index contributed by atoms with van der Waals surface area (Å²) in [5.41, 5.74) is 0.772. The zero-order chi connectivity index (χ0) is 13.0. The van der Waals surface area contributed by atoms with E-state index in [0.29, 0.717) is 17.6 Å². The number of pyridine rings is 1. The molecule has 0 aromatic carbocycles. The molecule has 4 heteroatoms. The van der Waals surface area contributed by atoms with Crippen molar-refractivity contribution in [3.8, 4) is 0 Å². The number of carbonyl (C=O) groups is 1. The van der Waals surface area contributed by atoms with Crippen LogP contribution >= 0.6 is 0 Å². The molecular formula is C14H20N2O2. The molecule has 1 aromatic heterocycles. The zero-order valence-electron chi connectivity index (χ0n) is 10.7. The number of nitrogens with one attached hydrogen (secondary N) is 1. The van der Waals surface area contributed by atoms with Crippen LogP contribution in [-0.2, 0) is 0 Å². The largest absolute Gasteiger partial charge is 0.476 e. The minimum Gasteiger partial charge on any atom is -0.476 e. The van der Waals surface area contributed by atoms with E-state index in [-0.39, 0.29) is 5.69 Å². The van der Waals surface area contributed by atoms with Crippen LogP contribution in [0, 0.1) is 5.92 Å². The molecule has 1 aliphatic rings. The lowest BCUT2D eigenvalue weighted by Gasteiger charge is -2.32. The highest BCUT2D eigenvalue weighted by molar-refractivity contribution is 5.91. The Bertz CT molecular complexity index is 420. The summed E-state index contributed by atoms with van der Waals surface area (Å²) >= 11 is 0. The molecule has 1 aliphatic carbocycles. The third kappa shape index (κ3) is 2.81. The van der Waals surface area contributed by atoms with Crippen LogP contribution in [0.3, 0.4) is 0 Å². The van der Waals surface area contributed by atoms with Gasteiger partial charge in [-0.15, -0.1) is 0 Å². The smallest absolute Gasteiger partial charge is 0.356 e. The van der Waals surface area contributed by atoms with E-state index in [9.17, 15) is 4.79 Å². The molecule has 2 unspecified atom stereocenters. The first-order valence-electron chi connectivity index (χ1n) is 6.67. The van der Waals surface area contributed by atoms with Crippen molar-refractivity contribution in [2.45, 2.75) is 45.1 Å². The summed E-state index contributed by atoms with van der Waals surface area (Å²) < 4.78 is 0. The second-order valence-electron chi connectivity index (χ2n) is 4.91. The standard InChI is InChI=1S/C14H20N2O2/c1-2-10-6-3-4-7-11(10)16-12-8-5-9-15-13(12)14(17)18/h5,8-11,16H,2-4,6-7H2,1H3,(H,17,18). The number of rotatable bonds is 4. The zero-order valence-corrected chi connectivity index (χ0v) is 10.7. The molecular weight excluding hydrogens is 228 g/mol. The van der Waals surface area contributed by atoms with Gasteiger partial charge in [0, 0.05) is 12.2 Å². The number of aromatic carboxylic acids is 1. The second-order valence-corrected chi connectivity index (χ2v) is 4.91. The van der Waals surface area contributed by atoms with E-state index in [2.05, 4.69) is 17.2 Å². The van der Waals surface area contributed by atoms with Gasteiger partial charge >= 0.3 is 5.97 Å². The van der Waals surface area contributed by atoms with Gasteiger partial charge in [-0.25, -0.2) is 9.78 Å². The van der Waals surface area contributed by atoms with Gasteiger partial charge in [0.05, 0.1) is 5.69 Å². The van der Waals surface area contributed by atoms with Crippen molar-refractivity contribution in [1.82, 2.24) is 4.98 Å². The summed E-state index contributed by atoms with van der Waals surface area (Å²) in [5.74, 6) is -0.331. The minimum absolute atomic E-state index is 0.123. The van der Waals surface area contributed by atoms with Gasteiger partial charge in [-0.3, -0.25) is 0 Å². The Morgan fingerprint density at radius 1 is 1.50 bits per heavy atom. The number of carboxylic acid groups (broad SMARTS) is 1. The second kappa shape index (κ2) is 5.85. The summed E-state index contributed by atoms with van der Waals surface area (Å²) in [6.45, 7) is 2.20. The molecule has 0 radical (unpaired) electrons. The molecule has 0 saturated heterocycles. The van der Waals surface area contributed by atoms with Crippen molar-refractivity contribution >= 4 is 11.7 Å². The fraction of sp³-hybridized carbons (Fsp3) is 0.571. The Morgan fingerprint density at radius 3 is 3.00 bits per heavy atom. The van der Waals surface area contributed by atoms with Gasteiger partial charge in [0.15, 0.2) is 5.69 Å². The van der Waals surface area contributed by atoms with E-state index in [1.54, 1.807) is 12.1 Å². The van der Waals surface area contributed by atoms with Crippen molar-refractivity contribution in [2.24, 2.45) is 5.92 Å². The molecule has 2 N–H and O–H groups in total. The highest BCUT2D eigenvalue weighted by Gasteiger charge is 2.24. The van der Waals surface area contributed by atoms with Crippen LogP contribution in [0.25, 0.3) is 0 Å².